The third kappa shape index (κ3) is 2.02. The van der Waals surface area contributed by atoms with Gasteiger partial charge in [0.1, 0.15) is 0 Å². The van der Waals surface area contributed by atoms with Gasteiger partial charge in [-0.2, -0.15) is 5.10 Å². The molecule has 0 fully saturated rings. The van der Waals surface area contributed by atoms with E-state index in [1.807, 2.05) is 6.07 Å². The molecule has 4 heteroatoms. The van der Waals surface area contributed by atoms with Crippen LogP contribution in [0.4, 0.5) is 0 Å². The van der Waals surface area contributed by atoms with Gasteiger partial charge in [0.25, 0.3) is 0 Å². The Balaban J connectivity index is 2.42. The molecule has 15 heavy (non-hydrogen) atoms. The van der Waals surface area contributed by atoms with Gasteiger partial charge in [0.2, 0.25) is 0 Å². The summed E-state index contributed by atoms with van der Waals surface area (Å²) in [6.07, 6.45) is 4.69. The highest BCUT2D eigenvalue weighted by Gasteiger charge is 2.08. The van der Waals surface area contributed by atoms with E-state index in [-0.39, 0.29) is 0 Å². The second-order valence-corrected chi connectivity index (χ2v) is 3.98. The Morgan fingerprint density at radius 2 is 2.27 bits per heavy atom. The number of aromatic nitrogens is 3. The monoisotopic (exact) mass is 220 g/mol. The standard InChI is InChI=1S/C11H11ClN3/c1-8(2)10-5-7-15(14-10)11-9(12)4-3-6-13-11/h3-6,8H,1-2H3. The molecule has 0 unspecified atom stereocenters. The fourth-order valence-electron chi connectivity index (χ4n) is 1.22. The van der Waals surface area contributed by atoms with E-state index in [9.17, 15) is 0 Å². The summed E-state index contributed by atoms with van der Waals surface area (Å²) >= 11 is 6.00. The molecule has 0 bridgehead atoms. The van der Waals surface area contributed by atoms with Gasteiger partial charge in [0, 0.05) is 6.20 Å². The lowest BCUT2D eigenvalue weighted by atomic mass is 10.1. The lowest BCUT2D eigenvalue weighted by Gasteiger charge is -2.02. The van der Waals surface area contributed by atoms with E-state index >= 15 is 0 Å². The summed E-state index contributed by atoms with van der Waals surface area (Å²) in [5.41, 5.74) is 0.983. The molecular weight excluding hydrogens is 210 g/mol. The number of nitrogens with zero attached hydrogens (tertiary/aromatic N) is 3. The zero-order chi connectivity index (χ0) is 10.8. The predicted octanol–water partition coefficient (Wildman–Crippen LogP) is 2.84. The Bertz CT molecular complexity index is 462. The number of rotatable bonds is 2. The molecule has 0 aliphatic heterocycles. The number of pyridine rings is 1. The van der Waals surface area contributed by atoms with Crippen molar-refractivity contribution in [2.75, 3.05) is 0 Å². The lowest BCUT2D eigenvalue weighted by Crippen LogP contribution is -2.00. The van der Waals surface area contributed by atoms with Crippen LogP contribution in [0.15, 0.2) is 24.4 Å². The average Bonchev–Trinajstić information content (AvgIpc) is 2.67. The first-order valence-corrected chi connectivity index (χ1v) is 5.15. The van der Waals surface area contributed by atoms with Crippen LogP contribution in [-0.4, -0.2) is 14.8 Å². The molecule has 2 aromatic heterocycles. The number of hydrogen-bond donors (Lipinski definition) is 0. The maximum Gasteiger partial charge on any atom is 0.172 e. The van der Waals surface area contributed by atoms with Crippen molar-refractivity contribution in [2.24, 2.45) is 0 Å². The maximum atomic E-state index is 6.00. The van der Waals surface area contributed by atoms with Crippen molar-refractivity contribution in [3.63, 3.8) is 0 Å². The second kappa shape index (κ2) is 4.03. The zero-order valence-electron chi connectivity index (χ0n) is 8.61. The molecule has 0 aliphatic rings. The minimum absolute atomic E-state index is 0.380. The first kappa shape index (κ1) is 10.2. The molecular formula is C11H11ClN3. The normalized spacial score (nSPS) is 10.9. The van der Waals surface area contributed by atoms with Gasteiger partial charge in [-0.3, -0.25) is 0 Å². The molecule has 2 heterocycles. The van der Waals surface area contributed by atoms with Crippen LogP contribution in [-0.2, 0) is 0 Å². The van der Waals surface area contributed by atoms with Gasteiger partial charge < -0.3 is 0 Å². The van der Waals surface area contributed by atoms with Gasteiger partial charge in [-0.05, 0) is 24.1 Å². The minimum atomic E-state index is 0.380. The highest BCUT2D eigenvalue weighted by molar-refractivity contribution is 6.32. The third-order valence-corrected chi connectivity index (χ3v) is 2.38. The molecule has 1 radical (unpaired) electrons. The van der Waals surface area contributed by atoms with E-state index in [1.165, 1.54) is 0 Å². The molecule has 0 amide bonds. The van der Waals surface area contributed by atoms with Crippen molar-refractivity contribution in [2.45, 2.75) is 19.8 Å². The summed E-state index contributed by atoms with van der Waals surface area (Å²) in [4.78, 5) is 4.16. The third-order valence-electron chi connectivity index (χ3n) is 2.08. The highest BCUT2D eigenvalue weighted by Crippen LogP contribution is 2.18. The maximum absolute atomic E-state index is 6.00. The molecule has 0 saturated heterocycles. The van der Waals surface area contributed by atoms with Crippen molar-refractivity contribution in [3.8, 4) is 5.82 Å². The Morgan fingerprint density at radius 1 is 1.47 bits per heavy atom. The van der Waals surface area contributed by atoms with Crippen molar-refractivity contribution in [3.05, 3.63) is 41.3 Å². The molecule has 0 atom stereocenters. The van der Waals surface area contributed by atoms with Crippen LogP contribution in [0.1, 0.15) is 25.5 Å². The van der Waals surface area contributed by atoms with E-state index in [0.29, 0.717) is 16.8 Å². The molecule has 0 spiro atoms. The molecule has 2 rings (SSSR count). The van der Waals surface area contributed by atoms with E-state index in [2.05, 4.69) is 30.1 Å². The summed E-state index contributed by atoms with van der Waals surface area (Å²) in [5.74, 6) is 0.996. The fourth-order valence-corrected chi connectivity index (χ4v) is 1.43. The lowest BCUT2D eigenvalue weighted by molar-refractivity contribution is 0.756. The van der Waals surface area contributed by atoms with Gasteiger partial charge in [-0.25, -0.2) is 9.67 Å². The van der Waals surface area contributed by atoms with Crippen LogP contribution in [0, 0.1) is 6.20 Å². The van der Waals surface area contributed by atoms with Crippen LogP contribution in [0.25, 0.3) is 5.82 Å². The average molecular weight is 221 g/mol. The minimum Gasteiger partial charge on any atom is -0.236 e. The SMILES string of the molecule is CC(C)c1c[c]n(-c2ncccc2Cl)n1. The van der Waals surface area contributed by atoms with Gasteiger partial charge in [0.05, 0.1) is 16.9 Å². The van der Waals surface area contributed by atoms with Gasteiger partial charge in [-0.1, -0.05) is 25.4 Å². The molecule has 0 saturated carbocycles. The van der Waals surface area contributed by atoms with Crippen molar-refractivity contribution in [1.29, 1.82) is 0 Å². The first-order chi connectivity index (χ1) is 7.18. The fraction of sp³-hybridized carbons (Fsp3) is 0.273. The summed E-state index contributed by atoms with van der Waals surface area (Å²) in [6.45, 7) is 4.17. The van der Waals surface area contributed by atoms with Gasteiger partial charge in [-0.15, -0.1) is 0 Å². The van der Waals surface area contributed by atoms with Crippen molar-refractivity contribution in [1.82, 2.24) is 14.8 Å². The topological polar surface area (TPSA) is 30.7 Å². The van der Waals surface area contributed by atoms with Crippen LogP contribution in [0.2, 0.25) is 5.02 Å². The Kier molecular flexibility index (Phi) is 2.73. The summed E-state index contributed by atoms with van der Waals surface area (Å²) in [6, 6.07) is 5.43. The number of hydrogen-bond acceptors (Lipinski definition) is 2. The van der Waals surface area contributed by atoms with Crippen molar-refractivity contribution >= 4 is 11.6 Å². The van der Waals surface area contributed by atoms with Gasteiger partial charge >= 0.3 is 0 Å². The molecule has 77 valence electrons. The van der Waals surface area contributed by atoms with Crippen molar-refractivity contribution < 1.29 is 0 Å². The smallest absolute Gasteiger partial charge is 0.172 e. The Labute approximate surface area is 93.7 Å². The first-order valence-electron chi connectivity index (χ1n) is 4.77. The summed E-state index contributed by atoms with van der Waals surface area (Å²) < 4.78 is 1.58. The van der Waals surface area contributed by atoms with Crippen LogP contribution >= 0.6 is 11.6 Å². The summed E-state index contributed by atoms with van der Waals surface area (Å²) in [5, 5.41) is 4.93. The molecule has 3 nitrogen and oxygen atoms in total. The highest BCUT2D eigenvalue weighted by atomic mass is 35.5. The largest absolute Gasteiger partial charge is 0.236 e. The van der Waals surface area contributed by atoms with Crippen LogP contribution < -0.4 is 0 Å². The van der Waals surface area contributed by atoms with E-state index in [0.717, 1.165) is 5.69 Å². The molecule has 0 N–H and O–H groups in total. The second-order valence-electron chi connectivity index (χ2n) is 3.57. The zero-order valence-corrected chi connectivity index (χ0v) is 9.36. The Morgan fingerprint density at radius 3 is 2.87 bits per heavy atom. The van der Waals surface area contributed by atoms with E-state index in [4.69, 9.17) is 11.6 Å². The molecule has 2 aromatic rings. The summed E-state index contributed by atoms with van der Waals surface area (Å²) in [7, 11) is 0. The quantitative estimate of drug-likeness (QED) is 0.779. The molecule has 0 aromatic carbocycles. The predicted molar refractivity (Wildman–Crippen MR) is 59.3 cm³/mol. The van der Waals surface area contributed by atoms with E-state index < -0.39 is 0 Å². The Hall–Kier alpha value is -1.35. The van der Waals surface area contributed by atoms with Gasteiger partial charge in [0.15, 0.2) is 5.82 Å². The van der Waals surface area contributed by atoms with Crippen LogP contribution in [0.3, 0.4) is 0 Å². The number of halogens is 1. The molecule has 0 aliphatic carbocycles. The van der Waals surface area contributed by atoms with Crippen LogP contribution in [0.5, 0.6) is 0 Å². The van der Waals surface area contributed by atoms with E-state index in [1.54, 1.807) is 23.0 Å².